The molecule has 3 aromatic rings. The Labute approximate surface area is 185 Å². The van der Waals surface area contributed by atoms with Crippen molar-refractivity contribution in [2.24, 2.45) is 5.73 Å². The Morgan fingerprint density at radius 2 is 1.72 bits per heavy atom. The first-order valence-corrected chi connectivity index (χ1v) is 9.86. The van der Waals surface area contributed by atoms with E-state index < -0.39 is 17.8 Å². The Morgan fingerprint density at radius 3 is 2.31 bits per heavy atom. The second kappa shape index (κ2) is 9.38. The average Bonchev–Trinajstić information content (AvgIpc) is 3.19. The van der Waals surface area contributed by atoms with Crippen LogP contribution in [-0.2, 0) is 16.0 Å². The van der Waals surface area contributed by atoms with E-state index in [1.807, 2.05) is 23.6 Å². The number of hydrogen-bond acceptors (Lipinski definition) is 5. The van der Waals surface area contributed by atoms with E-state index in [0.717, 1.165) is 22.6 Å². The molecular weight excluding hydrogens is 412 g/mol. The predicted octanol–water partition coefficient (Wildman–Crippen LogP) is 3.36. The van der Waals surface area contributed by atoms with Gasteiger partial charge >= 0.3 is 11.9 Å². The molecule has 0 bridgehead atoms. The minimum absolute atomic E-state index is 0.0414. The minimum Gasteiger partial charge on any atom is -0.496 e. The van der Waals surface area contributed by atoms with Crippen LogP contribution in [0.25, 0.3) is 16.9 Å². The Bertz CT molecular complexity index is 1200. The van der Waals surface area contributed by atoms with Gasteiger partial charge in [0.05, 0.1) is 31.9 Å². The van der Waals surface area contributed by atoms with Crippen LogP contribution in [0.1, 0.15) is 38.4 Å². The van der Waals surface area contributed by atoms with Crippen molar-refractivity contribution in [3.8, 4) is 22.7 Å². The van der Waals surface area contributed by atoms with Gasteiger partial charge in [0.1, 0.15) is 5.75 Å². The number of nitrogens with two attached hydrogens (primary N) is 1. The van der Waals surface area contributed by atoms with Crippen molar-refractivity contribution in [3.63, 3.8) is 0 Å². The third kappa shape index (κ3) is 4.49. The number of carbonyl (C=O) groups is 3. The molecule has 0 radical (unpaired) electrons. The molecule has 1 heterocycles. The number of ether oxygens (including phenoxy) is 2. The van der Waals surface area contributed by atoms with Gasteiger partial charge in [-0.05, 0) is 67.4 Å². The van der Waals surface area contributed by atoms with Gasteiger partial charge in [-0.3, -0.25) is 9.59 Å². The van der Waals surface area contributed by atoms with Crippen LogP contribution in [-0.4, -0.2) is 41.7 Å². The Hall–Kier alpha value is -4.07. The first-order chi connectivity index (χ1) is 15.3. The Kier molecular flexibility index (Phi) is 6.63. The molecule has 3 N–H and O–H groups in total. The molecule has 0 unspecified atom stereocenters. The first kappa shape index (κ1) is 22.6. The maximum absolute atomic E-state index is 11.9. The first-order valence-electron chi connectivity index (χ1n) is 9.86. The van der Waals surface area contributed by atoms with Gasteiger partial charge in [0, 0.05) is 22.5 Å². The van der Waals surface area contributed by atoms with Crippen LogP contribution in [0.15, 0.2) is 48.5 Å². The summed E-state index contributed by atoms with van der Waals surface area (Å²) < 4.78 is 12.3. The van der Waals surface area contributed by atoms with Crippen LogP contribution in [0.2, 0.25) is 0 Å². The summed E-state index contributed by atoms with van der Waals surface area (Å²) in [5.74, 6) is -1.45. The van der Waals surface area contributed by atoms with E-state index in [4.69, 9.17) is 15.2 Å². The largest absolute Gasteiger partial charge is 0.496 e. The second-order valence-corrected chi connectivity index (χ2v) is 7.21. The molecule has 0 aliphatic rings. The number of benzene rings is 2. The molecule has 2 aromatic carbocycles. The smallest absolute Gasteiger partial charge is 0.337 e. The number of carboxylic acid groups (broad SMARTS) is 1. The number of primary amides is 1. The maximum atomic E-state index is 11.9. The average molecular weight is 436 g/mol. The topological polar surface area (TPSA) is 121 Å². The van der Waals surface area contributed by atoms with Gasteiger partial charge in [0.25, 0.3) is 0 Å². The number of rotatable bonds is 8. The van der Waals surface area contributed by atoms with E-state index in [-0.39, 0.29) is 6.42 Å². The third-order valence-electron chi connectivity index (χ3n) is 5.18. The number of amides is 1. The summed E-state index contributed by atoms with van der Waals surface area (Å²) >= 11 is 0. The summed E-state index contributed by atoms with van der Waals surface area (Å²) in [4.78, 5) is 34.7. The lowest BCUT2D eigenvalue weighted by Gasteiger charge is -2.18. The molecule has 0 aliphatic heterocycles. The van der Waals surface area contributed by atoms with Gasteiger partial charge in [-0.25, -0.2) is 4.79 Å². The van der Waals surface area contributed by atoms with Gasteiger partial charge in [0.2, 0.25) is 5.91 Å². The molecule has 0 saturated heterocycles. The van der Waals surface area contributed by atoms with Gasteiger partial charge in [-0.15, -0.1) is 0 Å². The number of aryl methyl sites for hydroxylation is 2. The van der Waals surface area contributed by atoms with Crippen molar-refractivity contribution in [3.05, 3.63) is 70.9 Å². The summed E-state index contributed by atoms with van der Waals surface area (Å²) in [6.07, 6.45) is 0.259. The Morgan fingerprint density at radius 1 is 1.00 bits per heavy atom. The molecule has 32 heavy (non-hydrogen) atoms. The minimum atomic E-state index is -0.903. The number of nitrogens with zero attached hydrogens (tertiary/aromatic N) is 1. The fraction of sp³-hybridized carbons (Fsp3) is 0.208. The number of methoxy groups -OCH3 is 2. The van der Waals surface area contributed by atoms with Gasteiger partial charge in [-0.1, -0.05) is 0 Å². The lowest BCUT2D eigenvalue weighted by molar-refractivity contribution is -0.137. The Balaban J connectivity index is 2.21. The van der Waals surface area contributed by atoms with E-state index in [1.165, 1.54) is 14.2 Å². The molecule has 0 saturated carbocycles. The van der Waals surface area contributed by atoms with E-state index >= 15 is 0 Å². The van der Waals surface area contributed by atoms with Crippen LogP contribution in [0.4, 0.5) is 0 Å². The second-order valence-electron chi connectivity index (χ2n) is 7.21. The van der Waals surface area contributed by atoms with Crippen LogP contribution in [0.3, 0.4) is 0 Å². The lowest BCUT2D eigenvalue weighted by Crippen LogP contribution is -2.12. The number of aromatic nitrogens is 1. The molecule has 166 valence electrons. The number of hydrogen-bond donors (Lipinski definition) is 2. The molecule has 8 heteroatoms. The number of carbonyl (C=O) groups excluding carboxylic acids is 2. The molecule has 0 fully saturated rings. The molecular formula is C24H24N2O6. The molecule has 0 spiro atoms. The highest BCUT2D eigenvalue weighted by Gasteiger charge is 2.19. The summed E-state index contributed by atoms with van der Waals surface area (Å²) in [6, 6.07) is 13.8. The standard InChI is InChI=1S/C24H24N2O6/c1-14-12-15(23(25)29)5-9-19(14)26-17(7-11-22(27)28)6-10-20(26)18-8-4-16(24(30)32-3)13-21(18)31-2/h4-6,8-10,12-13H,7,11H2,1-3H3,(H2,25,29)(H,27,28). The summed E-state index contributed by atoms with van der Waals surface area (Å²) in [7, 11) is 2.81. The highest BCUT2D eigenvalue weighted by molar-refractivity contribution is 5.93. The molecule has 0 aliphatic carbocycles. The number of aliphatic carboxylic acids is 1. The molecule has 1 amide bonds. The zero-order chi connectivity index (χ0) is 23.4. The molecule has 8 nitrogen and oxygen atoms in total. The molecule has 1 aromatic heterocycles. The van der Waals surface area contributed by atoms with Crippen molar-refractivity contribution in [1.29, 1.82) is 0 Å². The van der Waals surface area contributed by atoms with Crippen LogP contribution >= 0.6 is 0 Å². The zero-order valence-electron chi connectivity index (χ0n) is 18.0. The number of carboxylic acids is 1. The quantitative estimate of drug-likeness (QED) is 0.522. The number of esters is 1. The summed E-state index contributed by atoms with van der Waals surface area (Å²) in [5.41, 5.74) is 9.93. The van der Waals surface area contributed by atoms with Crippen LogP contribution < -0.4 is 10.5 Å². The predicted molar refractivity (Wildman–Crippen MR) is 118 cm³/mol. The lowest BCUT2D eigenvalue weighted by atomic mass is 10.1. The van der Waals surface area contributed by atoms with Crippen molar-refractivity contribution < 1.29 is 29.0 Å². The van der Waals surface area contributed by atoms with E-state index in [1.54, 1.807) is 36.4 Å². The summed E-state index contributed by atoms with van der Waals surface area (Å²) in [5, 5.41) is 9.18. The maximum Gasteiger partial charge on any atom is 0.337 e. The third-order valence-corrected chi connectivity index (χ3v) is 5.18. The molecule has 0 atom stereocenters. The SMILES string of the molecule is COC(=O)c1ccc(-c2ccc(CCC(=O)O)n2-c2ccc(C(N)=O)cc2C)c(OC)c1. The van der Waals surface area contributed by atoms with E-state index in [2.05, 4.69) is 0 Å². The van der Waals surface area contributed by atoms with Crippen molar-refractivity contribution in [1.82, 2.24) is 4.57 Å². The normalized spacial score (nSPS) is 10.6. The highest BCUT2D eigenvalue weighted by Crippen LogP contribution is 2.35. The van der Waals surface area contributed by atoms with Crippen LogP contribution in [0.5, 0.6) is 5.75 Å². The molecule has 3 rings (SSSR count). The van der Waals surface area contributed by atoms with Gasteiger partial charge < -0.3 is 24.9 Å². The van der Waals surface area contributed by atoms with Crippen molar-refractivity contribution >= 4 is 17.8 Å². The fourth-order valence-electron chi connectivity index (χ4n) is 3.61. The highest BCUT2D eigenvalue weighted by atomic mass is 16.5. The van der Waals surface area contributed by atoms with Crippen molar-refractivity contribution in [2.75, 3.05) is 14.2 Å². The van der Waals surface area contributed by atoms with Gasteiger partial charge in [-0.2, -0.15) is 0 Å². The summed E-state index contributed by atoms with van der Waals surface area (Å²) in [6.45, 7) is 1.85. The fourth-order valence-corrected chi connectivity index (χ4v) is 3.61. The van der Waals surface area contributed by atoms with Crippen molar-refractivity contribution in [2.45, 2.75) is 19.8 Å². The van der Waals surface area contributed by atoms with E-state index in [9.17, 15) is 19.5 Å². The van der Waals surface area contributed by atoms with Gasteiger partial charge in [0.15, 0.2) is 0 Å². The van der Waals surface area contributed by atoms with Crippen LogP contribution in [0, 0.1) is 6.92 Å². The van der Waals surface area contributed by atoms with E-state index in [0.29, 0.717) is 28.9 Å². The monoisotopic (exact) mass is 436 g/mol. The zero-order valence-corrected chi connectivity index (χ0v) is 18.0.